The smallest absolute Gasteiger partial charge is 0.398 e. The normalized spacial score (nSPS) is 15.2. The summed E-state index contributed by atoms with van der Waals surface area (Å²) < 4.78 is 98.3. The largest absolute Gasteiger partial charge is 0.469 e. The molecule has 1 unspecified atom stereocenters. The fraction of sp³-hybridized carbons (Fsp3) is 0.846. The summed E-state index contributed by atoms with van der Waals surface area (Å²) in [7, 11) is 0.769. The molecule has 0 saturated heterocycles. The minimum atomic E-state index is -5.51. The lowest BCUT2D eigenvalue weighted by Gasteiger charge is -2.39. The molecule has 0 saturated carbocycles. The van der Waals surface area contributed by atoms with Crippen molar-refractivity contribution in [1.29, 1.82) is 0 Å². The number of methoxy groups -OCH3 is 1. The summed E-state index contributed by atoms with van der Waals surface area (Å²) in [6, 6.07) is -3.06. The number of alkyl halides is 5. The van der Waals surface area contributed by atoms with Gasteiger partial charge in [0.15, 0.2) is 0 Å². The highest BCUT2D eigenvalue weighted by molar-refractivity contribution is 6.17. The Morgan fingerprint density at radius 3 is 1.91 bits per heavy atom. The second-order valence-corrected chi connectivity index (χ2v) is 5.39. The van der Waals surface area contributed by atoms with Gasteiger partial charge in [0.25, 0.3) is 0 Å². The highest BCUT2D eigenvalue weighted by atomic mass is 35.5. The summed E-state index contributed by atoms with van der Waals surface area (Å²) in [5.41, 5.74) is -2.73. The van der Waals surface area contributed by atoms with Crippen molar-refractivity contribution in [3.63, 3.8) is 0 Å². The van der Waals surface area contributed by atoms with Crippen molar-refractivity contribution in [2.24, 2.45) is 0 Å². The van der Waals surface area contributed by atoms with Gasteiger partial charge in [-0.3, -0.25) is 0 Å². The van der Waals surface area contributed by atoms with Crippen molar-refractivity contribution in [3.8, 4) is 0 Å². The van der Waals surface area contributed by atoms with Crippen molar-refractivity contribution >= 4 is 11.6 Å². The third-order valence-electron chi connectivity index (χ3n) is 3.38. The molecular weight excluding hydrogens is 357 g/mol. The maximum Gasteiger partial charge on any atom is 0.469 e. The van der Waals surface area contributed by atoms with Gasteiger partial charge in [-0.1, -0.05) is 19.3 Å². The number of ether oxygens (including phenoxy) is 2. The summed E-state index contributed by atoms with van der Waals surface area (Å²) in [6.45, 7) is 0.680. The topological polar surface area (TPSA) is 18.5 Å². The van der Waals surface area contributed by atoms with E-state index in [4.69, 9.17) is 11.6 Å². The van der Waals surface area contributed by atoms with Gasteiger partial charge in [-0.15, -0.1) is 11.6 Å². The Kier molecular flexibility index (Phi) is 8.69. The van der Waals surface area contributed by atoms with Crippen LogP contribution in [0, 0.1) is 0 Å². The first-order valence-electron chi connectivity index (χ1n) is 6.71. The van der Waals surface area contributed by atoms with Crippen molar-refractivity contribution in [2.45, 2.75) is 56.7 Å². The lowest BCUT2D eigenvalue weighted by atomic mass is 9.90. The van der Waals surface area contributed by atoms with Crippen molar-refractivity contribution in [1.82, 2.24) is 0 Å². The van der Waals surface area contributed by atoms with Crippen LogP contribution >= 0.6 is 11.6 Å². The van der Waals surface area contributed by atoms with Crippen LogP contribution in [0.2, 0.25) is 0 Å². The Hall–Kier alpha value is -0.700. The summed E-state index contributed by atoms with van der Waals surface area (Å²) in [5, 5.41) is 0. The lowest BCUT2D eigenvalue weighted by molar-refractivity contribution is -0.384. The van der Waals surface area contributed by atoms with Crippen molar-refractivity contribution in [3.05, 3.63) is 12.1 Å². The Labute approximate surface area is 134 Å². The summed E-state index contributed by atoms with van der Waals surface area (Å²) in [6.07, 6.45) is -7.52. The number of hydrogen-bond donors (Lipinski definition) is 0. The van der Waals surface area contributed by atoms with Crippen molar-refractivity contribution in [2.75, 3.05) is 13.0 Å². The average molecular weight is 375 g/mol. The molecule has 0 aromatic carbocycles. The fourth-order valence-electron chi connectivity index (χ4n) is 1.82. The summed E-state index contributed by atoms with van der Waals surface area (Å²) >= 11 is 5.44. The molecule has 0 N–H and O–H groups in total. The molecule has 138 valence electrons. The van der Waals surface area contributed by atoms with Gasteiger partial charge in [-0.2, -0.15) is 30.7 Å². The molecule has 0 rings (SSSR count). The van der Waals surface area contributed by atoms with E-state index in [2.05, 4.69) is 9.47 Å². The Balaban J connectivity index is 5.10. The highest BCUT2D eigenvalue weighted by Crippen LogP contribution is 2.48. The maximum atomic E-state index is 14.0. The Morgan fingerprint density at radius 2 is 1.48 bits per heavy atom. The predicted molar refractivity (Wildman–Crippen MR) is 70.5 cm³/mol. The molecule has 0 aromatic heterocycles. The van der Waals surface area contributed by atoms with E-state index in [1.165, 1.54) is 0 Å². The Bertz CT molecular complexity index is 400. The van der Waals surface area contributed by atoms with Crippen LogP contribution in [0.15, 0.2) is 12.1 Å². The number of hydrogen-bond acceptors (Lipinski definition) is 2. The summed E-state index contributed by atoms with van der Waals surface area (Å²) in [5.74, 6) is -4.67. The van der Waals surface area contributed by atoms with Gasteiger partial charge in [0.05, 0.1) is 0 Å². The monoisotopic (exact) mass is 374 g/mol. The Morgan fingerprint density at radius 1 is 0.957 bits per heavy atom. The van der Waals surface area contributed by atoms with Gasteiger partial charge in [0.1, 0.15) is 5.60 Å². The van der Waals surface area contributed by atoms with E-state index in [0.717, 1.165) is 7.11 Å². The molecule has 0 bridgehead atoms. The third kappa shape index (κ3) is 5.70. The standard InChI is InChI=1S/C13H18ClF7O2/c1-11(22-2,7-5-3-4-6-8-14)12(18,19)13(20,21)23-10(17)9(15)16/h3-8H2,1-2H3. The lowest BCUT2D eigenvalue weighted by Crippen LogP contribution is -2.59. The molecule has 10 heteroatoms. The van der Waals surface area contributed by atoms with Crippen LogP contribution in [-0.4, -0.2) is 30.6 Å². The molecule has 23 heavy (non-hydrogen) atoms. The van der Waals surface area contributed by atoms with Crippen LogP contribution in [0.3, 0.4) is 0 Å². The molecule has 0 aromatic rings. The number of halogens is 8. The molecule has 0 amide bonds. The summed E-state index contributed by atoms with van der Waals surface area (Å²) in [4.78, 5) is 0. The SMILES string of the molecule is COC(C)(CCCCCCCl)C(F)(F)C(F)(F)OC(F)=C(F)F. The first-order valence-corrected chi connectivity index (χ1v) is 7.25. The minimum absolute atomic E-state index is 0.0999. The molecule has 0 aliphatic carbocycles. The molecule has 0 aliphatic heterocycles. The van der Waals surface area contributed by atoms with E-state index >= 15 is 0 Å². The zero-order valence-electron chi connectivity index (χ0n) is 12.6. The van der Waals surface area contributed by atoms with Crippen LogP contribution < -0.4 is 0 Å². The van der Waals surface area contributed by atoms with Gasteiger partial charge in [0, 0.05) is 13.0 Å². The molecule has 2 nitrogen and oxygen atoms in total. The van der Waals surface area contributed by atoms with E-state index in [1.807, 2.05) is 0 Å². The molecule has 0 fully saturated rings. The average Bonchev–Trinajstić information content (AvgIpc) is 2.45. The van der Waals surface area contributed by atoms with Gasteiger partial charge in [-0.25, -0.2) is 0 Å². The van der Waals surface area contributed by atoms with E-state index in [9.17, 15) is 30.7 Å². The van der Waals surface area contributed by atoms with E-state index in [1.54, 1.807) is 0 Å². The first kappa shape index (κ1) is 22.3. The van der Waals surface area contributed by atoms with Crippen LogP contribution in [0.5, 0.6) is 0 Å². The zero-order valence-corrected chi connectivity index (χ0v) is 13.3. The highest BCUT2D eigenvalue weighted by Gasteiger charge is 2.70. The van der Waals surface area contributed by atoms with Gasteiger partial charge in [-0.05, 0) is 19.8 Å². The molecule has 0 radical (unpaired) electrons. The molecule has 0 heterocycles. The first-order chi connectivity index (χ1) is 10.4. The zero-order chi connectivity index (χ0) is 18.3. The third-order valence-corrected chi connectivity index (χ3v) is 3.65. The van der Waals surface area contributed by atoms with Crippen LogP contribution in [0.1, 0.15) is 39.0 Å². The fourth-order valence-corrected chi connectivity index (χ4v) is 2.01. The number of rotatable bonds is 11. The predicted octanol–water partition coefficient (Wildman–Crippen LogP) is 5.86. The van der Waals surface area contributed by atoms with Gasteiger partial charge < -0.3 is 9.47 Å². The number of unbranched alkanes of at least 4 members (excludes halogenated alkanes) is 3. The molecule has 0 aliphatic rings. The molecule has 0 spiro atoms. The van der Waals surface area contributed by atoms with E-state index in [0.29, 0.717) is 32.1 Å². The molecule has 1 atom stereocenters. The minimum Gasteiger partial charge on any atom is -0.398 e. The van der Waals surface area contributed by atoms with Crippen LogP contribution in [0.4, 0.5) is 30.7 Å². The van der Waals surface area contributed by atoms with Gasteiger partial charge >= 0.3 is 24.1 Å². The van der Waals surface area contributed by atoms with Gasteiger partial charge in [0.2, 0.25) is 0 Å². The van der Waals surface area contributed by atoms with E-state index < -0.39 is 36.1 Å². The second kappa shape index (κ2) is 8.96. The molecular formula is C13H18ClF7O2. The van der Waals surface area contributed by atoms with Crippen molar-refractivity contribution < 1.29 is 40.2 Å². The van der Waals surface area contributed by atoms with Crippen LogP contribution in [-0.2, 0) is 9.47 Å². The quantitative estimate of drug-likeness (QED) is 0.195. The second-order valence-electron chi connectivity index (χ2n) is 5.02. The van der Waals surface area contributed by atoms with Crippen LogP contribution in [0.25, 0.3) is 0 Å². The maximum absolute atomic E-state index is 14.0. The van der Waals surface area contributed by atoms with E-state index in [-0.39, 0.29) is 6.42 Å².